The van der Waals surface area contributed by atoms with Crippen molar-refractivity contribution in [3.05, 3.63) is 24.5 Å². The highest BCUT2D eigenvalue weighted by molar-refractivity contribution is 5.92. The Bertz CT molecular complexity index is 586. The molecule has 1 N–H and O–H groups in total. The molecule has 1 aromatic heterocycles. The highest BCUT2D eigenvalue weighted by Crippen LogP contribution is 2.30. The van der Waals surface area contributed by atoms with E-state index in [2.05, 4.69) is 22.2 Å². The van der Waals surface area contributed by atoms with Crippen LogP contribution in [0.15, 0.2) is 18.9 Å². The smallest absolute Gasteiger partial charge is 0.276 e. The van der Waals surface area contributed by atoms with Crippen molar-refractivity contribution in [2.75, 3.05) is 33.3 Å². The largest absolute Gasteiger partial charge is 0.378 e. The van der Waals surface area contributed by atoms with E-state index >= 15 is 0 Å². The summed E-state index contributed by atoms with van der Waals surface area (Å²) >= 11 is 0. The summed E-state index contributed by atoms with van der Waals surface area (Å²) in [5.74, 6) is 0.533. The van der Waals surface area contributed by atoms with Crippen molar-refractivity contribution in [2.24, 2.45) is 5.92 Å². The van der Waals surface area contributed by atoms with E-state index in [1.165, 1.54) is 12.8 Å². The molecule has 0 saturated carbocycles. The maximum absolute atomic E-state index is 12.7. The van der Waals surface area contributed by atoms with Gasteiger partial charge in [-0.05, 0) is 51.1 Å². The Balaban J connectivity index is 1.56. The predicted molar refractivity (Wildman–Crippen MR) is 95.3 cm³/mol. The zero-order chi connectivity index (χ0) is 17.7. The lowest BCUT2D eigenvalue weighted by Gasteiger charge is -2.40. The molecule has 0 radical (unpaired) electrons. The molecule has 2 saturated heterocycles. The molecule has 2 fully saturated rings. The van der Waals surface area contributed by atoms with E-state index < -0.39 is 0 Å². The number of nitrogens with one attached hydrogen (secondary N) is 1. The molecular weight excluding hydrogens is 318 g/mol. The van der Waals surface area contributed by atoms with Crippen LogP contribution >= 0.6 is 0 Å². The molecule has 3 heterocycles. The van der Waals surface area contributed by atoms with Crippen LogP contribution in [0.1, 0.15) is 42.6 Å². The first-order chi connectivity index (χ1) is 12.2. The molecule has 0 spiro atoms. The van der Waals surface area contributed by atoms with Gasteiger partial charge in [0.1, 0.15) is 0 Å². The molecule has 7 nitrogen and oxygen atoms in total. The van der Waals surface area contributed by atoms with Gasteiger partial charge in [-0.15, -0.1) is 11.7 Å². The normalized spacial score (nSPS) is 23.4. The van der Waals surface area contributed by atoms with Gasteiger partial charge in [0.05, 0.1) is 11.8 Å². The molecule has 0 bridgehead atoms. The van der Waals surface area contributed by atoms with Gasteiger partial charge in [0.25, 0.3) is 5.91 Å². The second-order valence-corrected chi connectivity index (χ2v) is 7.21. The number of carbonyl (C=O) groups is 1. The topological polar surface area (TPSA) is 72.3 Å². The number of carbonyl (C=O) groups excluding carboxylic acids is 1. The maximum Gasteiger partial charge on any atom is 0.276 e. The van der Waals surface area contributed by atoms with Crippen LogP contribution in [-0.4, -0.2) is 64.7 Å². The molecule has 1 atom stereocenters. The zero-order valence-electron chi connectivity index (χ0n) is 15.1. The number of ether oxygens (including phenoxy) is 1. The molecule has 0 aromatic carbocycles. The fourth-order valence-electron chi connectivity index (χ4n) is 3.86. The van der Waals surface area contributed by atoms with E-state index in [0.717, 1.165) is 38.9 Å². The van der Waals surface area contributed by atoms with E-state index in [9.17, 15) is 4.79 Å². The van der Waals surface area contributed by atoms with Crippen molar-refractivity contribution in [2.45, 2.75) is 44.2 Å². The lowest BCUT2D eigenvalue weighted by atomic mass is 9.88. The fraction of sp³-hybridized carbons (Fsp3) is 0.722. The number of methoxy groups -OCH3 is 1. The molecule has 1 unspecified atom stereocenters. The van der Waals surface area contributed by atoms with Crippen LogP contribution in [0.4, 0.5) is 0 Å². The van der Waals surface area contributed by atoms with Gasteiger partial charge in [-0.3, -0.25) is 9.48 Å². The quantitative estimate of drug-likeness (QED) is 0.789. The van der Waals surface area contributed by atoms with Crippen molar-refractivity contribution >= 4 is 5.91 Å². The maximum atomic E-state index is 12.7. The van der Waals surface area contributed by atoms with Crippen molar-refractivity contribution in [1.82, 2.24) is 25.2 Å². The number of hydrogen-bond acceptors (Lipinski definition) is 5. The van der Waals surface area contributed by atoms with Crippen LogP contribution in [0.25, 0.3) is 0 Å². The van der Waals surface area contributed by atoms with Crippen LogP contribution in [0.2, 0.25) is 0 Å². The second-order valence-electron chi connectivity index (χ2n) is 7.21. The number of aromatic nitrogens is 3. The highest BCUT2D eigenvalue weighted by Gasteiger charge is 2.35. The number of likely N-dealkylation sites (tertiary alicyclic amines) is 1. The molecule has 25 heavy (non-hydrogen) atoms. The molecule has 2 aliphatic heterocycles. The number of nitrogens with zero attached hydrogens (tertiary/aromatic N) is 4. The molecule has 1 aromatic rings. The van der Waals surface area contributed by atoms with Crippen LogP contribution in [-0.2, 0) is 11.3 Å². The summed E-state index contributed by atoms with van der Waals surface area (Å²) in [5.41, 5.74) is 0.266. The van der Waals surface area contributed by atoms with E-state index in [-0.39, 0.29) is 11.5 Å². The average Bonchev–Trinajstić information content (AvgIpc) is 3.11. The van der Waals surface area contributed by atoms with Gasteiger partial charge in [0.2, 0.25) is 0 Å². The van der Waals surface area contributed by atoms with Gasteiger partial charge in [0, 0.05) is 26.7 Å². The molecule has 138 valence electrons. The third-order valence-corrected chi connectivity index (χ3v) is 5.51. The first-order valence-corrected chi connectivity index (χ1v) is 9.22. The molecule has 7 heteroatoms. The third-order valence-electron chi connectivity index (χ3n) is 5.51. The Hall–Kier alpha value is -1.73. The van der Waals surface area contributed by atoms with Gasteiger partial charge in [-0.25, -0.2) is 0 Å². The second kappa shape index (κ2) is 8.10. The first kappa shape index (κ1) is 18.1. The van der Waals surface area contributed by atoms with Crippen LogP contribution in [0.5, 0.6) is 0 Å². The van der Waals surface area contributed by atoms with E-state index in [4.69, 9.17) is 4.74 Å². The van der Waals surface area contributed by atoms with Crippen LogP contribution in [0, 0.1) is 5.92 Å². The Morgan fingerprint density at radius 2 is 2.32 bits per heavy atom. The Kier molecular flexibility index (Phi) is 5.86. The fourth-order valence-corrected chi connectivity index (χ4v) is 3.86. The Morgan fingerprint density at radius 3 is 2.96 bits per heavy atom. The molecule has 0 aliphatic carbocycles. The third kappa shape index (κ3) is 4.27. The van der Waals surface area contributed by atoms with Crippen molar-refractivity contribution < 1.29 is 9.53 Å². The van der Waals surface area contributed by atoms with Gasteiger partial charge >= 0.3 is 0 Å². The monoisotopic (exact) mass is 347 g/mol. The van der Waals surface area contributed by atoms with E-state index in [1.807, 2.05) is 15.7 Å². The molecule has 2 aliphatic rings. The lowest BCUT2D eigenvalue weighted by Crippen LogP contribution is -2.47. The summed E-state index contributed by atoms with van der Waals surface area (Å²) in [6, 6.07) is 0. The summed E-state index contributed by atoms with van der Waals surface area (Å²) in [6.45, 7) is 8.10. The Morgan fingerprint density at radius 1 is 1.52 bits per heavy atom. The molecule has 3 rings (SSSR count). The van der Waals surface area contributed by atoms with Crippen molar-refractivity contribution in [1.29, 1.82) is 0 Å². The van der Waals surface area contributed by atoms with Gasteiger partial charge < -0.3 is 15.0 Å². The number of rotatable bonds is 6. The van der Waals surface area contributed by atoms with Crippen LogP contribution < -0.4 is 5.32 Å². The summed E-state index contributed by atoms with van der Waals surface area (Å²) < 4.78 is 7.51. The predicted octanol–water partition coefficient (Wildman–Crippen LogP) is 1.47. The Labute approximate surface area is 149 Å². The van der Waals surface area contributed by atoms with E-state index in [0.29, 0.717) is 24.7 Å². The molecular formula is C18H29N5O2. The summed E-state index contributed by atoms with van der Waals surface area (Å²) in [4.78, 5) is 14.6. The minimum absolute atomic E-state index is 0.0312. The molecule has 1 amide bonds. The number of hydrogen-bond donors (Lipinski definition) is 1. The minimum Gasteiger partial charge on any atom is -0.378 e. The average molecular weight is 347 g/mol. The number of amides is 1. The summed E-state index contributed by atoms with van der Waals surface area (Å²) in [6.07, 6.45) is 8.55. The highest BCUT2D eigenvalue weighted by atomic mass is 16.5. The van der Waals surface area contributed by atoms with Gasteiger partial charge in [0.15, 0.2) is 5.69 Å². The summed E-state index contributed by atoms with van der Waals surface area (Å²) in [7, 11) is 1.74. The minimum atomic E-state index is -0.176. The van der Waals surface area contributed by atoms with E-state index in [1.54, 1.807) is 13.3 Å². The van der Waals surface area contributed by atoms with Crippen molar-refractivity contribution in [3.63, 3.8) is 0 Å². The van der Waals surface area contributed by atoms with Crippen LogP contribution in [0.3, 0.4) is 0 Å². The summed E-state index contributed by atoms with van der Waals surface area (Å²) in [5, 5.41) is 11.7. The van der Waals surface area contributed by atoms with Crippen molar-refractivity contribution in [3.8, 4) is 0 Å². The standard InChI is InChI=1S/C18H29N5O2/c1-3-6-18(25-2)7-10-22(11-8-18)17(24)16-14-23(21-20-16)13-15-5-4-9-19-12-15/h3,14-15,19H,1,4-13H2,2H3. The number of piperidine rings is 2. The SMILES string of the molecule is C=CCC1(OC)CCN(C(=O)c2cn(CC3CCCNC3)nn2)CC1. The van der Waals surface area contributed by atoms with Gasteiger partial charge in [-0.1, -0.05) is 11.3 Å². The van der Waals surface area contributed by atoms with Gasteiger partial charge in [-0.2, -0.15) is 0 Å². The lowest BCUT2D eigenvalue weighted by molar-refractivity contribution is -0.0498. The zero-order valence-corrected chi connectivity index (χ0v) is 15.1. The first-order valence-electron chi connectivity index (χ1n) is 9.22.